The number of hydrogen-bond acceptors (Lipinski definition) is 7. The average Bonchev–Trinajstić information content (AvgIpc) is 2.92. The molecule has 1 heterocycles. The van der Waals surface area contributed by atoms with Crippen molar-refractivity contribution in [3.8, 4) is 5.75 Å². The molecule has 0 saturated heterocycles. The molecular formula is C27H22BrClFN5O5. The van der Waals surface area contributed by atoms with Crippen LogP contribution in [0.25, 0.3) is 10.9 Å². The summed E-state index contributed by atoms with van der Waals surface area (Å²) in [6, 6.07) is 13.2. The molecule has 3 aromatic carbocycles. The maximum absolute atomic E-state index is 13.8. The van der Waals surface area contributed by atoms with Crippen LogP contribution >= 0.6 is 27.5 Å². The van der Waals surface area contributed by atoms with Crippen LogP contribution in [0.1, 0.15) is 37.6 Å². The lowest BCUT2D eigenvalue weighted by atomic mass is 10.1. The summed E-state index contributed by atoms with van der Waals surface area (Å²) in [5, 5.41) is 18.6. The van der Waals surface area contributed by atoms with E-state index in [0.717, 1.165) is 6.07 Å². The largest absolute Gasteiger partial charge is 0.476 e. The third kappa shape index (κ3) is 6.35. The van der Waals surface area contributed by atoms with E-state index in [9.17, 15) is 24.1 Å². The van der Waals surface area contributed by atoms with Crippen molar-refractivity contribution in [2.75, 3.05) is 11.9 Å². The Labute approximate surface area is 240 Å². The molecule has 0 bridgehead atoms. The van der Waals surface area contributed by atoms with Gasteiger partial charge in [-0.1, -0.05) is 53.5 Å². The van der Waals surface area contributed by atoms with Gasteiger partial charge in [-0.25, -0.2) is 9.37 Å². The van der Waals surface area contributed by atoms with Crippen LogP contribution in [0.2, 0.25) is 5.02 Å². The number of anilines is 1. The summed E-state index contributed by atoms with van der Waals surface area (Å²) in [7, 11) is 0. The Morgan fingerprint density at radius 1 is 1.30 bits per heavy atom. The third-order valence-corrected chi connectivity index (χ3v) is 6.72. The number of fused-ring (bicyclic) bond motifs is 1. The van der Waals surface area contributed by atoms with Gasteiger partial charge in [0.05, 0.1) is 32.8 Å². The Balaban J connectivity index is 1.65. The summed E-state index contributed by atoms with van der Waals surface area (Å²) in [5.41, 5.74) is -0.266. The number of carbonyl (C=O) groups excluding carboxylic acids is 1. The summed E-state index contributed by atoms with van der Waals surface area (Å²) >= 11 is 9.65. The zero-order chi connectivity index (χ0) is 29.0. The van der Waals surface area contributed by atoms with Crippen LogP contribution in [0.15, 0.2) is 69.0 Å². The zero-order valence-corrected chi connectivity index (χ0v) is 23.6. The van der Waals surface area contributed by atoms with Gasteiger partial charge in [0.15, 0.2) is 6.61 Å². The molecule has 4 aromatic rings. The van der Waals surface area contributed by atoms with E-state index in [4.69, 9.17) is 16.3 Å². The Kier molecular flexibility index (Phi) is 8.90. The third-order valence-electron chi connectivity index (χ3n) is 5.95. The van der Waals surface area contributed by atoms with Crippen molar-refractivity contribution in [2.45, 2.75) is 26.2 Å². The second kappa shape index (κ2) is 12.3. The van der Waals surface area contributed by atoms with Crippen LogP contribution in [-0.4, -0.2) is 33.3 Å². The van der Waals surface area contributed by atoms with Crippen molar-refractivity contribution in [2.24, 2.45) is 5.10 Å². The van der Waals surface area contributed by atoms with E-state index in [1.165, 1.54) is 41.2 Å². The van der Waals surface area contributed by atoms with Gasteiger partial charge in [0.25, 0.3) is 11.5 Å². The predicted octanol–water partition coefficient (Wildman–Crippen LogP) is 6.27. The minimum Gasteiger partial charge on any atom is -0.476 e. The van der Waals surface area contributed by atoms with Gasteiger partial charge >= 0.3 is 5.69 Å². The van der Waals surface area contributed by atoms with Crippen LogP contribution in [-0.2, 0) is 4.79 Å². The van der Waals surface area contributed by atoms with Gasteiger partial charge in [-0.3, -0.25) is 19.7 Å². The summed E-state index contributed by atoms with van der Waals surface area (Å²) in [6.07, 6.45) is 1.95. The van der Waals surface area contributed by atoms with Crippen molar-refractivity contribution in [1.82, 2.24) is 9.66 Å². The molecule has 0 radical (unpaired) electrons. The Morgan fingerprint density at radius 3 is 2.75 bits per heavy atom. The lowest BCUT2D eigenvalue weighted by Crippen LogP contribution is -2.23. The molecule has 0 saturated carbocycles. The molecule has 1 N–H and O–H groups in total. The van der Waals surface area contributed by atoms with E-state index in [-0.39, 0.29) is 27.9 Å². The molecule has 0 spiro atoms. The molecule has 0 aliphatic carbocycles. The second-order valence-corrected chi connectivity index (χ2v) is 10.0. The van der Waals surface area contributed by atoms with Crippen LogP contribution < -0.4 is 15.6 Å². The lowest BCUT2D eigenvalue weighted by molar-refractivity contribution is -0.385. The minimum absolute atomic E-state index is 0.0641. The SMILES string of the molecule is CC[C@H](C)c1nc2ccc(Br)cc2c(=O)n1N=Cc1cc(Cl)c(OCC(=O)Nc2ccccc2F)c([N+](=O)[O-])c1. The van der Waals surface area contributed by atoms with Crippen LogP contribution in [0.4, 0.5) is 15.8 Å². The highest BCUT2D eigenvalue weighted by molar-refractivity contribution is 9.10. The van der Waals surface area contributed by atoms with Crippen LogP contribution in [0.3, 0.4) is 0 Å². The molecule has 0 aliphatic heterocycles. The van der Waals surface area contributed by atoms with Crippen molar-refractivity contribution < 1.29 is 18.8 Å². The highest BCUT2D eigenvalue weighted by Gasteiger charge is 2.22. The fourth-order valence-electron chi connectivity index (χ4n) is 3.74. The molecular weight excluding hydrogens is 609 g/mol. The molecule has 1 atom stereocenters. The van der Waals surface area contributed by atoms with Crippen molar-refractivity contribution >= 4 is 61.9 Å². The number of nitro groups is 1. The van der Waals surface area contributed by atoms with E-state index in [1.54, 1.807) is 18.2 Å². The molecule has 10 nitrogen and oxygen atoms in total. The molecule has 1 aromatic heterocycles. The maximum Gasteiger partial charge on any atom is 0.313 e. The van der Waals surface area contributed by atoms with E-state index in [0.29, 0.717) is 27.6 Å². The number of halogens is 3. The molecule has 206 valence electrons. The summed E-state index contributed by atoms with van der Waals surface area (Å²) in [4.78, 5) is 41.3. The average molecular weight is 631 g/mol. The van der Waals surface area contributed by atoms with E-state index < -0.39 is 34.5 Å². The quantitative estimate of drug-likeness (QED) is 0.132. The fourth-order valence-corrected chi connectivity index (χ4v) is 4.38. The smallest absolute Gasteiger partial charge is 0.313 e. The fraction of sp³-hybridized carbons (Fsp3) is 0.185. The first-order valence-corrected chi connectivity index (χ1v) is 13.2. The van der Waals surface area contributed by atoms with Gasteiger partial charge in [-0.2, -0.15) is 9.78 Å². The topological polar surface area (TPSA) is 129 Å². The number of hydrogen-bond donors (Lipinski definition) is 1. The van der Waals surface area contributed by atoms with E-state index in [2.05, 4.69) is 31.3 Å². The molecule has 40 heavy (non-hydrogen) atoms. The first-order chi connectivity index (χ1) is 19.1. The number of rotatable bonds is 9. The summed E-state index contributed by atoms with van der Waals surface area (Å²) in [5.74, 6) is -1.41. The number of amides is 1. The number of aromatic nitrogens is 2. The van der Waals surface area contributed by atoms with Gasteiger partial charge < -0.3 is 10.1 Å². The normalized spacial score (nSPS) is 12.0. The van der Waals surface area contributed by atoms with Crippen molar-refractivity contribution in [3.63, 3.8) is 0 Å². The molecule has 1 amide bonds. The van der Waals surface area contributed by atoms with Crippen molar-refractivity contribution in [3.05, 3.63) is 102 Å². The zero-order valence-electron chi connectivity index (χ0n) is 21.2. The Hall–Kier alpha value is -4.16. The highest BCUT2D eigenvalue weighted by Crippen LogP contribution is 2.36. The van der Waals surface area contributed by atoms with Gasteiger partial charge in [-0.15, -0.1) is 0 Å². The maximum atomic E-state index is 13.8. The number of ether oxygens (including phenoxy) is 1. The van der Waals surface area contributed by atoms with Crippen LogP contribution in [0, 0.1) is 15.9 Å². The lowest BCUT2D eigenvalue weighted by Gasteiger charge is -2.14. The van der Waals surface area contributed by atoms with Gasteiger partial charge in [-0.05, 0) is 42.8 Å². The van der Waals surface area contributed by atoms with Gasteiger partial charge in [0, 0.05) is 22.0 Å². The molecule has 13 heteroatoms. The minimum atomic E-state index is -0.742. The monoisotopic (exact) mass is 629 g/mol. The standard InChI is InChI=1S/C27H22BrClFN5O5/c1-3-15(2)26-33-21-9-8-17(28)12-18(21)27(37)34(26)31-13-16-10-19(29)25(23(11-16)35(38)39)40-14-24(36)32-22-7-5-4-6-20(22)30/h4-13,15H,3,14H2,1-2H3,(H,32,36)/t15-/m0/s1. The number of benzene rings is 3. The molecule has 4 rings (SSSR count). The van der Waals surface area contributed by atoms with E-state index in [1.807, 2.05) is 13.8 Å². The van der Waals surface area contributed by atoms with Gasteiger partial charge in [0.1, 0.15) is 11.6 Å². The molecule has 0 unspecified atom stereocenters. The predicted molar refractivity (Wildman–Crippen MR) is 154 cm³/mol. The summed E-state index contributed by atoms with van der Waals surface area (Å²) in [6.45, 7) is 3.21. The first kappa shape index (κ1) is 28.8. The first-order valence-electron chi connectivity index (χ1n) is 12.0. The number of nitrogens with zero attached hydrogens (tertiary/aromatic N) is 4. The molecule has 0 aliphatic rings. The Morgan fingerprint density at radius 2 is 2.05 bits per heavy atom. The van der Waals surface area contributed by atoms with E-state index >= 15 is 0 Å². The van der Waals surface area contributed by atoms with Crippen molar-refractivity contribution in [1.29, 1.82) is 0 Å². The molecule has 0 fully saturated rings. The number of para-hydroxylation sites is 1. The second-order valence-electron chi connectivity index (χ2n) is 8.73. The number of nitro benzene ring substituents is 1. The highest BCUT2D eigenvalue weighted by atomic mass is 79.9. The van der Waals surface area contributed by atoms with Gasteiger partial charge in [0.2, 0.25) is 5.75 Å². The number of carbonyl (C=O) groups is 1. The van der Waals surface area contributed by atoms with Crippen LogP contribution in [0.5, 0.6) is 5.75 Å². The Bertz CT molecular complexity index is 1710. The number of nitrogens with one attached hydrogen (secondary N) is 1. The summed E-state index contributed by atoms with van der Waals surface area (Å²) < 4.78 is 21.0.